The van der Waals surface area contributed by atoms with Gasteiger partial charge in [-0.15, -0.1) is 0 Å². The lowest BCUT2D eigenvalue weighted by atomic mass is 9.99. The van der Waals surface area contributed by atoms with Crippen LogP contribution in [0.3, 0.4) is 0 Å². The van der Waals surface area contributed by atoms with E-state index in [2.05, 4.69) is 10.2 Å². The van der Waals surface area contributed by atoms with Crippen LogP contribution in [-0.4, -0.2) is 60.8 Å². The number of benzene rings is 1. The molecule has 0 bridgehead atoms. The molecule has 7 nitrogen and oxygen atoms in total. The summed E-state index contributed by atoms with van der Waals surface area (Å²) in [6, 6.07) is 3.24. The lowest BCUT2D eigenvalue weighted by Crippen LogP contribution is -2.55. The molecule has 1 amide bonds. The van der Waals surface area contributed by atoms with Gasteiger partial charge < -0.3 is 25.8 Å². The monoisotopic (exact) mass is 411 g/mol. The number of carbonyl (C=O) groups is 2. The minimum Gasteiger partial charge on any atom is -0.481 e. The number of nitrogen functional groups attached to an aromatic ring is 1. The average Bonchev–Trinajstić information content (AvgIpc) is 2.65. The molecule has 0 spiro atoms. The topological polar surface area (TPSA) is 105 Å². The fourth-order valence-electron chi connectivity index (χ4n) is 3.57. The number of rotatable bonds is 9. The van der Waals surface area contributed by atoms with E-state index in [1.807, 2.05) is 6.92 Å². The highest BCUT2D eigenvalue weighted by atomic mass is 35.5. The van der Waals surface area contributed by atoms with Gasteiger partial charge in [-0.05, 0) is 50.4 Å². The van der Waals surface area contributed by atoms with Crippen molar-refractivity contribution < 1.29 is 19.4 Å². The number of carboxylic acid groups (broad SMARTS) is 1. The summed E-state index contributed by atoms with van der Waals surface area (Å²) in [5, 5.41) is 12.1. The van der Waals surface area contributed by atoms with Gasteiger partial charge >= 0.3 is 5.97 Å². The van der Waals surface area contributed by atoms with Crippen molar-refractivity contribution in [2.75, 3.05) is 32.5 Å². The van der Waals surface area contributed by atoms with Crippen molar-refractivity contribution in [2.24, 2.45) is 0 Å². The third kappa shape index (κ3) is 6.36. The van der Waals surface area contributed by atoms with Crippen LogP contribution in [0.1, 0.15) is 48.0 Å². The maximum Gasteiger partial charge on any atom is 0.303 e. The molecular formula is C20H30ClN3O4. The van der Waals surface area contributed by atoms with E-state index in [1.54, 1.807) is 19.2 Å². The number of aliphatic carboxylic acids is 1. The molecule has 1 aliphatic heterocycles. The molecule has 28 heavy (non-hydrogen) atoms. The Bertz CT molecular complexity index is 698. The van der Waals surface area contributed by atoms with Crippen molar-refractivity contribution >= 4 is 29.2 Å². The Morgan fingerprint density at radius 3 is 2.79 bits per heavy atom. The highest BCUT2D eigenvalue weighted by Gasteiger charge is 2.30. The van der Waals surface area contributed by atoms with Gasteiger partial charge in [0.25, 0.3) is 5.91 Å². The van der Waals surface area contributed by atoms with Crippen LogP contribution in [0.25, 0.3) is 0 Å². The van der Waals surface area contributed by atoms with Gasteiger partial charge in [-0.2, -0.15) is 0 Å². The van der Waals surface area contributed by atoms with E-state index in [9.17, 15) is 9.59 Å². The molecule has 4 N–H and O–H groups in total. The zero-order valence-corrected chi connectivity index (χ0v) is 17.3. The number of carboxylic acids is 1. The molecular weight excluding hydrogens is 382 g/mol. The van der Waals surface area contributed by atoms with Gasteiger partial charge in [-0.25, -0.2) is 0 Å². The first kappa shape index (κ1) is 22.5. The maximum absolute atomic E-state index is 12.7. The van der Waals surface area contributed by atoms with E-state index in [-0.39, 0.29) is 24.5 Å². The largest absolute Gasteiger partial charge is 0.481 e. The second-order valence-corrected chi connectivity index (χ2v) is 7.74. The number of ether oxygens (including phenoxy) is 1. The summed E-state index contributed by atoms with van der Waals surface area (Å²) in [5.74, 6) is -0.915. The molecule has 8 heteroatoms. The van der Waals surface area contributed by atoms with Crippen molar-refractivity contribution in [3.63, 3.8) is 0 Å². The fourth-order valence-corrected chi connectivity index (χ4v) is 3.73. The molecule has 0 radical (unpaired) electrons. The van der Waals surface area contributed by atoms with Crippen LogP contribution in [0, 0.1) is 6.92 Å². The van der Waals surface area contributed by atoms with Crippen LogP contribution >= 0.6 is 11.6 Å². The van der Waals surface area contributed by atoms with Crippen LogP contribution in [0.5, 0.6) is 0 Å². The lowest BCUT2D eigenvalue weighted by Gasteiger charge is -2.38. The Hall–Kier alpha value is -1.83. The van der Waals surface area contributed by atoms with Crippen LogP contribution in [0.2, 0.25) is 5.02 Å². The Kier molecular flexibility index (Phi) is 8.54. The van der Waals surface area contributed by atoms with Crippen molar-refractivity contribution in [1.29, 1.82) is 0 Å². The third-order valence-corrected chi connectivity index (χ3v) is 5.54. The number of hydrogen-bond donors (Lipinski definition) is 3. The Morgan fingerprint density at radius 2 is 2.11 bits per heavy atom. The van der Waals surface area contributed by atoms with E-state index in [4.69, 9.17) is 27.2 Å². The van der Waals surface area contributed by atoms with Gasteiger partial charge in [0.1, 0.15) is 0 Å². The third-order valence-electron chi connectivity index (χ3n) is 5.22. The summed E-state index contributed by atoms with van der Waals surface area (Å²) < 4.78 is 5.62. The molecule has 1 heterocycles. The number of halogens is 1. The second kappa shape index (κ2) is 10.6. The summed E-state index contributed by atoms with van der Waals surface area (Å²) in [6.45, 7) is 4.35. The van der Waals surface area contributed by atoms with Gasteiger partial charge in [-0.1, -0.05) is 18.0 Å². The minimum atomic E-state index is -0.742. The molecule has 0 aliphatic carbocycles. The molecule has 0 aromatic heterocycles. The normalized spacial score (nSPS) is 20.1. The molecule has 1 aliphatic rings. The van der Waals surface area contributed by atoms with Crippen molar-refractivity contribution in [2.45, 2.75) is 51.2 Å². The number of piperidine rings is 1. The highest BCUT2D eigenvalue weighted by Crippen LogP contribution is 2.24. The number of likely N-dealkylation sites (tertiary alicyclic amines) is 1. The van der Waals surface area contributed by atoms with E-state index in [0.29, 0.717) is 22.7 Å². The second-order valence-electron chi connectivity index (χ2n) is 7.34. The smallest absolute Gasteiger partial charge is 0.303 e. The van der Waals surface area contributed by atoms with Crippen LogP contribution < -0.4 is 11.1 Å². The Labute approximate surface area is 171 Å². The molecule has 1 aromatic carbocycles. The van der Waals surface area contributed by atoms with Gasteiger partial charge in [0, 0.05) is 32.2 Å². The molecule has 1 saturated heterocycles. The van der Waals surface area contributed by atoms with Crippen LogP contribution in [-0.2, 0) is 9.53 Å². The fraction of sp³-hybridized carbons (Fsp3) is 0.600. The summed E-state index contributed by atoms with van der Waals surface area (Å²) in [7, 11) is 1.66. The zero-order chi connectivity index (χ0) is 20.7. The van der Waals surface area contributed by atoms with E-state index < -0.39 is 5.97 Å². The van der Waals surface area contributed by atoms with Crippen molar-refractivity contribution in [3.05, 3.63) is 28.3 Å². The molecule has 1 fully saturated rings. The summed E-state index contributed by atoms with van der Waals surface area (Å²) in [6.07, 6.45) is 3.49. The first-order valence-electron chi connectivity index (χ1n) is 9.65. The number of methoxy groups -OCH3 is 1. The molecule has 2 atom stereocenters. The first-order valence-corrected chi connectivity index (χ1v) is 10.0. The predicted octanol–water partition coefficient (Wildman–Crippen LogP) is 2.69. The molecule has 0 saturated carbocycles. The van der Waals surface area contributed by atoms with E-state index in [1.165, 1.54) is 0 Å². The number of anilines is 1. The zero-order valence-electron chi connectivity index (χ0n) is 16.5. The van der Waals surface area contributed by atoms with Gasteiger partial charge in [0.05, 0.1) is 22.9 Å². The predicted molar refractivity (Wildman–Crippen MR) is 110 cm³/mol. The average molecular weight is 412 g/mol. The number of nitrogens with one attached hydrogen (secondary N) is 1. The van der Waals surface area contributed by atoms with Gasteiger partial charge in [-0.3, -0.25) is 9.59 Å². The summed E-state index contributed by atoms with van der Waals surface area (Å²) in [4.78, 5) is 25.6. The summed E-state index contributed by atoms with van der Waals surface area (Å²) >= 11 is 6.07. The Balaban J connectivity index is 1.86. The Morgan fingerprint density at radius 1 is 1.36 bits per heavy atom. The molecule has 1 aromatic rings. The number of unbranched alkanes of at least 4 members (excludes halogenated alkanes) is 2. The first-order chi connectivity index (χ1) is 13.3. The minimum absolute atomic E-state index is 0.0727. The van der Waals surface area contributed by atoms with Crippen molar-refractivity contribution in [3.8, 4) is 0 Å². The van der Waals surface area contributed by atoms with E-state index in [0.717, 1.165) is 44.5 Å². The molecule has 2 rings (SSSR count). The number of hydrogen-bond acceptors (Lipinski definition) is 5. The number of nitrogens with two attached hydrogens (primary N) is 1. The highest BCUT2D eigenvalue weighted by molar-refractivity contribution is 6.33. The van der Waals surface area contributed by atoms with Crippen LogP contribution in [0.15, 0.2) is 12.1 Å². The maximum atomic E-state index is 12.7. The molecule has 156 valence electrons. The lowest BCUT2D eigenvalue weighted by molar-refractivity contribution is -0.137. The quantitative estimate of drug-likeness (QED) is 0.426. The van der Waals surface area contributed by atoms with E-state index >= 15 is 0 Å². The van der Waals surface area contributed by atoms with Crippen LogP contribution in [0.4, 0.5) is 5.69 Å². The summed E-state index contributed by atoms with van der Waals surface area (Å²) in [5.41, 5.74) is 7.56. The standard InChI is InChI=1S/C20H30ClN3O4/c1-13-10-16(22)15(21)11-14(13)20(27)23-17-7-9-24(12-18(17)28-2)8-5-3-4-6-19(25)26/h10-11,17-18H,3-9,12,22H2,1-2H3,(H,23,27)(H,25,26)/t17-,18-/m0/s1. The van der Waals surface area contributed by atoms with Gasteiger partial charge in [0.2, 0.25) is 0 Å². The number of aryl methyl sites for hydroxylation is 1. The van der Waals surface area contributed by atoms with Crippen molar-refractivity contribution in [1.82, 2.24) is 10.2 Å². The SMILES string of the molecule is CO[C@H]1CN(CCCCCC(=O)O)CC[C@@H]1NC(=O)c1cc(Cl)c(N)cc1C. The number of amides is 1. The van der Waals surface area contributed by atoms with Gasteiger partial charge in [0.15, 0.2) is 0 Å². The molecule has 0 unspecified atom stereocenters. The number of nitrogens with zero attached hydrogens (tertiary/aromatic N) is 1. The number of carbonyl (C=O) groups excluding carboxylic acids is 1.